The zero-order valence-corrected chi connectivity index (χ0v) is 20.5. The van der Waals surface area contributed by atoms with Crippen LogP contribution in [0.1, 0.15) is 51.8 Å². The van der Waals surface area contributed by atoms with Gasteiger partial charge in [-0.05, 0) is 69.9 Å². The molecule has 1 saturated heterocycles. The van der Waals surface area contributed by atoms with E-state index in [4.69, 9.17) is 30.2 Å². The second-order valence-electron chi connectivity index (χ2n) is 10.1. The van der Waals surface area contributed by atoms with Gasteiger partial charge in [-0.1, -0.05) is 6.08 Å². The van der Waals surface area contributed by atoms with E-state index in [9.17, 15) is 4.79 Å². The van der Waals surface area contributed by atoms with Crippen LogP contribution in [-0.2, 0) is 9.47 Å². The summed E-state index contributed by atoms with van der Waals surface area (Å²) in [7, 11) is 0. The summed E-state index contributed by atoms with van der Waals surface area (Å²) in [4.78, 5) is 28.9. The SMILES string of the molecule is CC(C)(C)OC(=O)N1CCC(n2cnc3c(C4=CCOCC4)nc(-c4ccc(N)cc4)nc32)CC1. The smallest absolute Gasteiger partial charge is 0.410 e. The molecule has 2 aromatic heterocycles. The lowest BCUT2D eigenvalue weighted by Gasteiger charge is -2.34. The monoisotopic (exact) mass is 476 g/mol. The number of fused-ring (bicyclic) bond motifs is 1. The average molecular weight is 477 g/mol. The Morgan fingerprint density at radius 3 is 2.54 bits per heavy atom. The quantitative estimate of drug-likeness (QED) is 0.556. The fraction of sp³-hybridized carbons (Fsp3) is 0.462. The summed E-state index contributed by atoms with van der Waals surface area (Å²) in [5.41, 5.74) is 10.6. The zero-order chi connectivity index (χ0) is 24.6. The number of rotatable bonds is 3. The Labute approximate surface area is 205 Å². The third-order valence-electron chi connectivity index (χ3n) is 6.37. The third-order valence-corrected chi connectivity index (χ3v) is 6.37. The van der Waals surface area contributed by atoms with Crippen molar-refractivity contribution in [2.75, 3.05) is 32.0 Å². The number of aromatic nitrogens is 4. The molecule has 2 aliphatic rings. The van der Waals surface area contributed by atoms with Gasteiger partial charge in [0.2, 0.25) is 0 Å². The van der Waals surface area contributed by atoms with Crippen LogP contribution >= 0.6 is 0 Å². The van der Waals surface area contributed by atoms with Crippen LogP contribution < -0.4 is 5.73 Å². The van der Waals surface area contributed by atoms with Crippen LogP contribution in [-0.4, -0.2) is 62.4 Å². The van der Waals surface area contributed by atoms with Crippen LogP contribution in [0, 0.1) is 0 Å². The highest BCUT2D eigenvalue weighted by atomic mass is 16.6. The van der Waals surface area contributed by atoms with E-state index >= 15 is 0 Å². The summed E-state index contributed by atoms with van der Waals surface area (Å²) in [6.07, 6.45) is 6.08. The summed E-state index contributed by atoms with van der Waals surface area (Å²) < 4.78 is 13.2. The van der Waals surface area contributed by atoms with E-state index in [1.807, 2.05) is 51.4 Å². The number of hydrogen-bond acceptors (Lipinski definition) is 7. The Morgan fingerprint density at radius 2 is 1.89 bits per heavy atom. The number of ether oxygens (including phenoxy) is 2. The van der Waals surface area contributed by atoms with E-state index in [0.29, 0.717) is 37.8 Å². The summed E-state index contributed by atoms with van der Waals surface area (Å²) in [6.45, 7) is 8.16. The van der Waals surface area contributed by atoms with Gasteiger partial charge in [0.1, 0.15) is 11.1 Å². The average Bonchev–Trinajstić information content (AvgIpc) is 3.27. The number of nitrogens with zero attached hydrogens (tertiary/aromatic N) is 5. The molecule has 0 bridgehead atoms. The maximum atomic E-state index is 12.5. The Morgan fingerprint density at radius 1 is 1.14 bits per heavy atom. The molecule has 1 aromatic carbocycles. The number of nitrogens with two attached hydrogens (primary N) is 1. The first-order valence-corrected chi connectivity index (χ1v) is 12.1. The second-order valence-corrected chi connectivity index (χ2v) is 10.1. The number of carbonyl (C=O) groups excluding carboxylic acids is 1. The standard InChI is InChI=1S/C26H32N6O3/c1-26(2,3)35-25(33)31-12-8-20(9-13-31)32-16-28-22-21(17-10-14-34-15-11-17)29-23(30-24(22)32)18-4-6-19(27)7-5-18/h4-7,10,16,20H,8-9,11-15,27H2,1-3H3. The lowest BCUT2D eigenvalue weighted by atomic mass is 10.0. The first kappa shape index (κ1) is 23.3. The largest absolute Gasteiger partial charge is 0.444 e. The van der Waals surface area contributed by atoms with Crippen molar-refractivity contribution in [3.05, 3.63) is 42.4 Å². The second kappa shape index (κ2) is 9.30. The van der Waals surface area contributed by atoms with Crippen LogP contribution in [0.25, 0.3) is 28.1 Å². The van der Waals surface area contributed by atoms with E-state index in [1.54, 1.807) is 4.90 Å². The number of imidazole rings is 1. The highest BCUT2D eigenvalue weighted by Gasteiger charge is 2.29. The van der Waals surface area contributed by atoms with Crippen LogP contribution in [0.2, 0.25) is 0 Å². The highest BCUT2D eigenvalue weighted by molar-refractivity contribution is 5.87. The molecule has 1 fully saturated rings. The van der Waals surface area contributed by atoms with Gasteiger partial charge in [0.05, 0.1) is 25.2 Å². The fourth-order valence-corrected chi connectivity index (χ4v) is 4.56. The molecule has 4 heterocycles. The molecule has 2 N–H and O–H groups in total. The molecule has 5 rings (SSSR count). The van der Waals surface area contributed by atoms with Crippen molar-refractivity contribution in [1.82, 2.24) is 24.4 Å². The molecule has 184 valence electrons. The van der Waals surface area contributed by atoms with E-state index in [1.165, 1.54) is 0 Å². The van der Waals surface area contributed by atoms with Gasteiger partial charge in [0.15, 0.2) is 11.5 Å². The van der Waals surface area contributed by atoms with Crippen molar-refractivity contribution in [3.8, 4) is 11.4 Å². The number of benzene rings is 1. The Balaban J connectivity index is 1.48. The van der Waals surface area contributed by atoms with Gasteiger partial charge >= 0.3 is 6.09 Å². The molecule has 0 atom stereocenters. The van der Waals surface area contributed by atoms with Crippen molar-refractivity contribution in [2.45, 2.75) is 51.7 Å². The highest BCUT2D eigenvalue weighted by Crippen LogP contribution is 2.32. The lowest BCUT2D eigenvalue weighted by molar-refractivity contribution is 0.0189. The van der Waals surface area contributed by atoms with E-state index < -0.39 is 5.60 Å². The number of anilines is 1. The fourth-order valence-electron chi connectivity index (χ4n) is 4.56. The van der Waals surface area contributed by atoms with E-state index in [2.05, 4.69) is 10.6 Å². The van der Waals surface area contributed by atoms with Gasteiger partial charge in [-0.3, -0.25) is 0 Å². The third kappa shape index (κ3) is 5.00. The Kier molecular flexibility index (Phi) is 6.19. The summed E-state index contributed by atoms with van der Waals surface area (Å²) >= 11 is 0. The van der Waals surface area contributed by atoms with Crippen molar-refractivity contribution >= 4 is 28.5 Å². The minimum atomic E-state index is -0.501. The lowest BCUT2D eigenvalue weighted by Crippen LogP contribution is -2.42. The minimum Gasteiger partial charge on any atom is -0.444 e. The molecule has 0 aliphatic carbocycles. The minimum absolute atomic E-state index is 0.185. The molecule has 0 saturated carbocycles. The summed E-state index contributed by atoms with van der Waals surface area (Å²) in [5.74, 6) is 0.646. The summed E-state index contributed by atoms with van der Waals surface area (Å²) in [5, 5.41) is 0. The number of likely N-dealkylation sites (tertiary alicyclic amines) is 1. The van der Waals surface area contributed by atoms with E-state index in [0.717, 1.165) is 47.3 Å². The molecule has 1 amide bonds. The maximum absolute atomic E-state index is 12.5. The topological polar surface area (TPSA) is 108 Å². The van der Waals surface area contributed by atoms with Crippen molar-refractivity contribution in [1.29, 1.82) is 0 Å². The van der Waals surface area contributed by atoms with Crippen molar-refractivity contribution < 1.29 is 14.3 Å². The van der Waals surface area contributed by atoms with Crippen LogP contribution in [0.3, 0.4) is 0 Å². The van der Waals surface area contributed by atoms with Gasteiger partial charge < -0.3 is 24.7 Å². The number of amides is 1. The molecular weight excluding hydrogens is 444 g/mol. The first-order chi connectivity index (χ1) is 16.8. The number of hydrogen-bond donors (Lipinski definition) is 1. The van der Waals surface area contributed by atoms with Crippen LogP contribution in [0.4, 0.5) is 10.5 Å². The molecule has 0 spiro atoms. The molecular formula is C26H32N6O3. The molecule has 0 unspecified atom stereocenters. The molecule has 35 heavy (non-hydrogen) atoms. The van der Waals surface area contributed by atoms with Gasteiger partial charge in [-0.15, -0.1) is 0 Å². The number of nitrogen functional groups attached to an aromatic ring is 1. The summed E-state index contributed by atoms with van der Waals surface area (Å²) in [6, 6.07) is 7.79. The zero-order valence-electron chi connectivity index (χ0n) is 20.5. The Hall–Kier alpha value is -3.46. The molecule has 0 radical (unpaired) electrons. The van der Waals surface area contributed by atoms with Crippen LogP contribution in [0.5, 0.6) is 0 Å². The van der Waals surface area contributed by atoms with E-state index in [-0.39, 0.29) is 12.1 Å². The van der Waals surface area contributed by atoms with Gasteiger partial charge in [-0.25, -0.2) is 19.7 Å². The predicted molar refractivity (Wildman–Crippen MR) is 135 cm³/mol. The molecule has 9 heteroatoms. The van der Waals surface area contributed by atoms with Gasteiger partial charge in [-0.2, -0.15) is 0 Å². The molecule has 2 aliphatic heterocycles. The number of carbonyl (C=O) groups is 1. The van der Waals surface area contributed by atoms with Crippen molar-refractivity contribution in [2.24, 2.45) is 0 Å². The first-order valence-electron chi connectivity index (χ1n) is 12.1. The van der Waals surface area contributed by atoms with Gasteiger partial charge in [0, 0.05) is 30.4 Å². The number of piperidine rings is 1. The van der Waals surface area contributed by atoms with Crippen molar-refractivity contribution in [3.63, 3.8) is 0 Å². The van der Waals surface area contributed by atoms with Crippen LogP contribution in [0.15, 0.2) is 36.7 Å². The normalized spacial score (nSPS) is 17.5. The predicted octanol–water partition coefficient (Wildman–Crippen LogP) is 4.45. The maximum Gasteiger partial charge on any atom is 0.410 e. The molecule has 3 aromatic rings. The molecule has 9 nitrogen and oxygen atoms in total. The van der Waals surface area contributed by atoms with Gasteiger partial charge in [0.25, 0.3) is 0 Å². The Bertz CT molecular complexity index is 1250.